The molecule has 0 radical (unpaired) electrons. The van der Waals surface area contributed by atoms with Crippen LogP contribution in [0, 0.1) is 5.92 Å². The Hall–Kier alpha value is -0.290. The van der Waals surface area contributed by atoms with Gasteiger partial charge >= 0.3 is 0 Å². The van der Waals surface area contributed by atoms with Gasteiger partial charge in [-0.15, -0.1) is 0 Å². The maximum absolute atomic E-state index is 12.0. The summed E-state index contributed by atoms with van der Waals surface area (Å²) >= 11 is 6.67. The number of amides is 1. The number of hydrogen-bond donors (Lipinski definition) is 0. The number of carbonyl (C=O) groups is 1. The number of likely N-dealkylation sites (tertiary alicyclic amines) is 1. The summed E-state index contributed by atoms with van der Waals surface area (Å²) in [6, 6.07) is 1.70. The molecule has 5 heteroatoms. The van der Waals surface area contributed by atoms with Gasteiger partial charge in [-0.25, -0.2) is 0 Å². The van der Waals surface area contributed by atoms with Crippen molar-refractivity contribution in [3.05, 3.63) is 22.6 Å². The molecule has 0 bridgehead atoms. The molecule has 1 saturated heterocycles. The second-order valence-corrected chi connectivity index (χ2v) is 5.04. The molecular formula is C10H11Br2NO2. The summed E-state index contributed by atoms with van der Waals surface area (Å²) in [5.41, 5.74) is 0.616. The van der Waals surface area contributed by atoms with Gasteiger partial charge in [0, 0.05) is 18.4 Å². The lowest BCUT2D eigenvalue weighted by molar-refractivity contribution is 0.0786. The number of carbonyl (C=O) groups excluding carboxylic acids is 1. The Bertz CT molecular complexity index is 364. The maximum Gasteiger partial charge on any atom is 0.258 e. The summed E-state index contributed by atoms with van der Waals surface area (Å²) in [5.74, 6) is 0.638. The van der Waals surface area contributed by atoms with Crippen molar-refractivity contribution in [2.75, 3.05) is 18.4 Å². The molecule has 0 aromatic carbocycles. The molecule has 0 spiro atoms. The monoisotopic (exact) mass is 335 g/mol. The number of rotatable bonds is 2. The summed E-state index contributed by atoms with van der Waals surface area (Å²) in [4.78, 5) is 13.9. The molecule has 1 unspecified atom stereocenters. The Kier molecular flexibility index (Phi) is 3.51. The highest BCUT2D eigenvalue weighted by atomic mass is 79.9. The molecule has 1 atom stereocenters. The summed E-state index contributed by atoms with van der Waals surface area (Å²) < 4.78 is 5.58. The lowest BCUT2D eigenvalue weighted by atomic mass is 10.2. The van der Waals surface area contributed by atoms with Crippen LogP contribution in [0.3, 0.4) is 0 Å². The van der Waals surface area contributed by atoms with Gasteiger partial charge in [0.1, 0.15) is 0 Å². The minimum Gasteiger partial charge on any atom is -0.457 e. The molecule has 3 nitrogen and oxygen atoms in total. The van der Waals surface area contributed by atoms with Gasteiger partial charge in [-0.3, -0.25) is 4.79 Å². The molecule has 15 heavy (non-hydrogen) atoms. The van der Waals surface area contributed by atoms with Crippen LogP contribution in [0.2, 0.25) is 0 Å². The Balaban J connectivity index is 2.07. The zero-order chi connectivity index (χ0) is 10.8. The van der Waals surface area contributed by atoms with Crippen LogP contribution >= 0.6 is 31.9 Å². The van der Waals surface area contributed by atoms with Gasteiger partial charge in [0.2, 0.25) is 0 Å². The van der Waals surface area contributed by atoms with Gasteiger partial charge in [-0.05, 0) is 34.3 Å². The summed E-state index contributed by atoms with van der Waals surface area (Å²) in [5, 5.41) is 0.962. The third-order valence-corrected chi connectivity index (χ3v) is 4.17. The predicted molar refractivity (Wildman–Crippen MR) is 64.2 cm³/mol. The highest BCUT2D eigenvalue weighted by Gasteiger charge is 2.27. The van der Waals surface area contributed by atoms with Crippen LogP contribution < -0.4 is 0 Å². The van der Waals surface area contributed by atoms with Crippen LogP contribution in [-0.4, -0.2) is 29.2 Å². The van der Waals surface area contributed by atoms with E-state index in [2.05, 4.69) is 31.9 Å². The number of alkyl halides is 1. The molecule has 1 amide bonds. The first-order chi connectivity index (χ1) is 7.22. The second-order valence-electron chi connectivity index (χ2n) is 3.67. The SMILES string of the molecule is O=C(c1ccoc1Br)N1CCC(CBr)C1. The molecule has 1 fully saturated rings. The predicted octanol–water partition coefficient (Wildman–Crippen LogP) is 2.90. The fourth-order valence-corrected chi connectivity index (χ4v) is 2.70. The first-order valence-corrected chi connectivity index (χ1v) is 6.72. The van der Waals surface area contributed by atoms with E-state index in [1.54, 1.807) is 6.07 Å². The molecule has 2 rings (SSSR count). The lowest BCUT2D eigenvalue weighted by Gasteiger charge is -2.15. The Morgan fingerprint density at radius 1 is 1.67 bits per heavy atom. The van der Waals surface area contributed by atoms with E-state index in [-0.39, 0.29) is 5.91 Å². The molecule has 2 heterocycles. The normalized spacial score (nSPS) is 20.9. The van der Waals surface area contributed by atoms with Crippen molar-refractivity contribution in [1.82, 2.24) is 4.90 Å². The van der Waals surface area contributed by atoms with Crippen molar-refractivity contribution < 1.29 is 9.21 Å². The number of nitrogens with zero attached hydrogens (tertiary/aromatic N) is 1. The molecule has 1 aliphatic rings. The van der Waals surface area contributed by atoms with E-state index in [0.29, 0.717) is 16.2 Å². The first kappa shape index (κ1) is 11.2. The minimum absolute atomic E-state index is 0.0547. The van der Waals surface area contributed by atoms with E-state index in [9.17, 15) is 4.79 Å². The molecule has 1 aromatic rings. The fourth-order valence-electron chi connectivity index (χ4n) is 1.76. The number of halogens is 2. The Labute approximate surface area is 105 Å². The van der Waals surface area contributed by atoms with E-state index in [1.165, 1.54) is 6.26 Å². The molecule has 0 saturated carbocycles. The van der Waals surface area contributed by atoms with E-state index in [4.69, 9.17) is 4.42 Å². The fraction of sp³-hybridized carbons (Fsp3) is 0.500. The average molecular weight is 337 g/mol. The molecular weight excluding hydrogens is 326 g/mol. The maximum atomic E-state index is 12.0. The van der Waals surface area contributed by atoms with Gasteiger partial charge < -0.3 is 9.32 Å². The van der Waals surface area contributed by atoms with Crippen LogP contribution in [0.4, 0.5) is 0 Å². The van der Waals surface area contributed by atoms with Crippen molar-refractivity contribution in [3.63, 3.8) is 0 Å². The van der Waals surface area contributed by atoms with Crippen molar-refractivity contribution in [1.29, 1.82) is 0 Å². The third kappa shape index (κ3) is 2.28. The average Bonchev–Trinajstić information content (AvgIpc) is 2.84. The summed E-state index contributed by atoms with van der Waals surface area (Å²) in [6.45, 7) is 1.68. The van der Waals surface area contributed by atoms with Crippen LogP contribution in [-0.2, 0) is 0 Å². The second kappa shape index (κ2) is 4.70. The summed E-state index contributed by atoms with van der Waals surface area (Å²) in [6.07, 6.45) is 2.60. The standard InChI is InChI=1S/C10H11Br2NO2/c11-5-7-1-3-13(6-7)10(14)8-2-4-15-9(8)12/h2,4,7H,1,3,5-6H2. The van der Waals surface area contributed by atoms with Gasteiger partial charge in [-0.1, -0.05) is 15.9 Å². The quantitative estimate of drug-likeness (QED) is 0.778. The molecule has 1 aromatic heterocycles. The minimum atomic E-state index is 0.0547. The topological polar surface area (TPSA) is 33.5 Å². The molecule has 82 valence electrons. The first-order valence-electron chi connectivity index (χ1n) is 4.80. The highest BCUT2D eigenvalue weighted by Crippen LogP contribution is 2.24. The van der Waals surface area contributed by atoms with E-state index >= 15 is 0 Å². The zero-order valence-electron chi connectivity index (χ0n) is 8.08. The highest BCUT2D eigenvalue weighted by molar-refractivity contribution is 9.10. The van der Waals surface area contributed by atoms with E-state index < -0.39 is 0 Å². The van der Waals surface area contributed by atoms with Crippen molar-refractivity contribution in [3.8, 4) is 0 Å². The zero-order valence-corrected chi connectivity index (χ0v) is 11.3. The van der Waals surface area contributed by atoms with Crippen molar-refractivity contribution >= 4 is 37.8 Å². The van der Waals surface area contributed by atoms with E-state index in [0.717, 1.165) is 24.8 Å². The van der Waals surface area contributed by atoms with Crippen LogP contribution in [0.5, 0.6) is 0 Å². The Morgan fingerprint density at radius 3 is 3.00 bits per heavy atom. The molecule has 1 aliphatic heterocycles. The molecule has 0 N–H and O–H groups in total. The number of furan rings is 1. The Morgan fingerprint density at radius 2 is 2.47 bits per heavy atom. The third-order valence-electron chi connectivity index (χ3n) is 2.64. The van der Waals surface area contributed by atoms with Gasteiger partial charge in [0.25, 0.3) is 5.91 Å². The van der Waals surface area contributed by atoms with Crippen molar-refractivity contribution in [2.45, 2.75) is 6.42 Å². The van der Waals surface area contributed by atoms with E-state index in [1.807, 2.05) is 4.90 Å². The van der Waals surface area contributed by atoms with Crippen LogP contribution in [0.1, 0.15) is 16.8 Å². The van der Waals surface area contributed by atoms with Crippen LogP contribution in [0.15, 0.2) is 21.4 Å². The number of hydrogen-bond acceptors (Lipinski definition) is 2. The van der Waals surface area contributed by atoms with Gasteiger partial charge in [0.15, 0.2) is 4.67 Å². The molecule has 0 aliphatic carbocycles. The summed E-state index contributed by atoms with van der Waals surface area (Å²) in [7, 11) is 0. The van der Waals surface area contributed by atoms with Crippen LogP contribution in [0.25, 0.3) is 0 Å². The van der Waals surface area contributed by atoms with Gasteiger partial charge in [0.05, 0.1) is 11.8 Å². The largest absolute Gasteiger partial charge is 0.457 e. The lowest BCUT2D eigenvalue weighted by Crippen LogP contribution is -2.28. The van der Waals surface area contributed by atoms with Crippen molar-refractivity contribution in [2.24, 2.45) is 5.92 Å². The van der Waals surface area contributed by atoms with Gasteiger partial charge in [-0.2, -0.15) is 0 Å². The smallest absolute Gasteiger partial charge is 0.258 e.